The molecule has 1 fully saturated rings. The summed E-state index contributed by atoms with van der Waals surface area (Å²) in [5.74, 6) is 2.25. The number of nitrogens with one attached hydrogen (secondary N) is 2. The molecule has 0 saturated carbocycles. The van der Waals surface area contributed by atoms with Crippen molar-refractivity contribution in [1.29, 1.82) is 0 Å². The zero-order chi connectivity index (χ0) is 50.2. The third kappa shape index (κ3) is 9.90. The van der Waals surface area contributed by atoms with Crippen molar-refractivity contribution in [1.82, 2.24) is 30.1 Å². The lowest BCUT2D eigenvalue weighted by atomic mass is 9.79. The zero-order valence-corrected chi connectivity index (χ0v) is 42.0. The molecule has 0 bridgehead atoms. The second-order valence-corrected chi connectivity index (χ2v) is 21.0. The smallest absolute Gasteiger partial charge is 0.264 e. The average Bonchev–Trinajstić information content (AvgIpc) is 4.11. The molecule has 1 saturated heterocycles. The fourth-order valence-electron chi connectivity index (χ4n) is 10.2. The van der Waals surface area contributed by atoms with Crippen LogP contribution < -0.4 is 25.8 Å². The summed E-state index contributed by atoms with van der Waals surface area (Å²) >= 11 is 1.55. The number of amides is 3. The van der Waals surface area contributed by atoms with E-state index < -0.39 is 35.4 Å². The predicted molar refractivity (Wildman–Crippen MR) is 272 cm³/mol. The Labute approximate surface area is 412 Å². The van der Waals surface area contributed by atoms with Gasteiger partial charge in [-0.15, -0.1) is 17.8 Å². The van der Waals surface area contributed by atoms with Crippen LogP contribution in [-0.4, -0.2) is 88.8 Å². The number of hydrogen-bond acceptors (Lipinski definition) is 10. The quantitative estimate of drug-likeness (QED) is 0.105. The van der Waals surface area contributed by atoms with Gasteiger partial charge in [-0.3, -0.25) is 24.2 Å². The first kappa shape index (κ1) is 49.8. The van der Waals surface area contributed by atoms with E-state index in [1.807, 2.05) is 88.2 Å². The first-order valence-electron chi connectivity index (χ1n) is 23.9. The number of hydrazone groups is 1. The van der Waals surface area contributed by atoms with Gasteiger partial charge in [0.1, 0.15) is 23.9 Å². The molecule has 3 aromatic carbocycles. The number of methoxy groups -OCH3 is 1. The van der Waals surface area contributed by atoms with Crippen LogP contribution in [0.3, 0.4) is 0 Å². The first-order chi connectivity index (χ1) is 33.3. The number of alkyl halides is 2. The highest BCUT2D eigenvalue weighted by atomic mass is 32.1. The summed E-state index contributed by atoms with van der Waals surface area (Å²) < 4.78 is 37.7. The van der Waals surface area contributed by atoms with Crippen LogP contribution in [0, 0.1) is 31.6 Å². The molecule has 70 heavy (non-hydrogen) atoms. The second kappa shape index (κ2) is 20.0. The molecular formula is C54H62F2N8O5S. The summed E-state index contributed by atoms with van der Waals surface area (Å²) in [7, 11) is 3.29. The maximum Gasteiger partial charge on any atom is 0.264 e. The standard InChI is InChI=1S/C54H62F2N8O5S/c1-10-41(34-17-19-35(20-18-34)47-33(3)57-31-70-47)59-50(66)42-15-12-23-64(42)52(68)48(53(4,5)6)60-46(65)16-13-21-62-30-54(7,29-58-62)40-25-36-14-11-22-63(43(36)28-38(40)49(55)56)45-27-37(69-9)26-44-39(45)24-32(2)51(67)61(44)8/h1,17-20,24-29,31,41-42,48-49H,11-16,21-23,30H2,2-9H3,(H,59,66)(H,60,65)/t41-,42-,48+,54?/m0/s1. The van der Waals surface area contributed by atoms with Gasteiger partial charge in [0.25, 0.3) is 12.0 Å². The fourth-order valence-corrected chi connectivity index (χ4v) is 11.0. The van der Waals surface area contributed by atoms with Gasteiger partial charge in [-0.05, 0) is 92.7 Å². The minimum absolute atomic E-state index is 0.0731. The molecule has 2 N–H and O–H groups in total. The van der Waals surface area contributed by atoms with Crippen molar-refractivity contribution in [3.63, 3.8) is 0 Å². The summed E-state index contributed by atoms with van der Waals surface area (Å²) in [6, 6.07) is 14.4. The fraction of sp³-hybridized carbons (Fsp3) is 0.444. The number of nitrogens with zero attached hydrogens (tertiary/aromatic N) is 6. The van der Waals surface area contributed by atoms with Crippen molar-refractivity contribution < 1.29 is 27.9 Å². The Hall–Kier alpha value is -6.60. The lowest BCUT2D eigenvalue weighted by Gasteiger charge is -2.35. The van der Waals surface area contributed by atoms with Gasteiger partial charge in [0, 0.05) is 79.1 Å². The molecule has 3 aliphatic rings. The van der Waals surface area contributed by atoms with Crippen molar-refractivity contribution in [2.24, 2.45) is 17.6 Å². The summed E-state index contributed by atoms with van der Waals surface area (Å²) in [6.45, 7) is 13.0. The highest BCUT2D eigenvalue weighted by molar-refractivity contribution is 7.13. The minimum Gasteiger partial charge on any atom is -0.497 e. The van der Waals surface area contributed by atoms with Crippen LogP contribution in [0.5, 0.6) is 5.75 Å². The first-order valence-corrected chi connectivity index (χ1v) is 24.8. The molecule has 4 atom stereocenters. The number of aryl methyl sites for hydroxylation is 4. The number of aromatic nitrogens is 2. The molecule has 3 amide bonds. The third-order valence-electron chi connectivity index (χ3n) is 14.0. The normalized spacial score (nSPS) is 18.8. The van der Waals surface area contributed by atoms with E-state index in [4.69, 9.17) is 11.2 Å². The van der Waals surface area contributed by atoms with E-state index in [0.29, 0.717) is 79.9 Å². The van der Waals surface area contributed by atoms with Crippen LogP contribution in [0.2, 0.25) is 0 Å². The number of carbonyl (C=O) groups is 3. The van der Waals surface area contributed by atoms with E-state index in [9.17, 15) is 19.2 Å². The number of rotatable bonds is 14. The highest BCUT2D eigenvalue weighted by Crippen LogP contribution is 2.45. The van der Waals surface area contributed by atoms with Gasteiger partial charge in [0.2, 0.25) is 17.7 Å². The van der Waals surface area contributed by atoms with Crippen molar-refractivity contribution in [2.75, 3.05) is 38.2 Å². The van der Waals surface area contributed by atoms with Crippen LogP contribution in [-0.2, 0) is 33.3 Å². The van der Waals surface area contributed by atoms with Crippen LogP contribution in [0.1, 0.15) is 106 Å². The van der Waals surface area contributed by atoms with Gasteiger partial charge >= 0.3 is 0 Å². The molecule has 3 aliphatic heterocycles. The second-order valence-electron chi connectivity index (χ2n) is 20.1. The SMILES string of the molecule is C#C[C@H](NC(=O)[C@@H]1CCCN1C(=O)[C@@H](NC(=O)CCCN1CC(C)(c2cc3c(cc2C(F)F)N(c2cc(OC)cc4c2cc(C)c(=O)n4C)CCC3)C=N1)C(C)(C)C)c1ccc(-c2scnc2C)cc1. The number of thiazole rings is 1. The lowest BCUT2D eigenvalue weighted by molar-refractivity contribution is -0.144. The minimum atomic E-state index is -2.76. The van der Waals surface area contributed by atoms with Gasteiger partial charge in [-0.1, -0.05) is 57.0 Å². The van der Waals surface area contributed by atoms with Crippen LogP contribution >= 0.6 is 11.3 Å². The molecule has 13 nitrogen and oxygen atoms in total. The Morgan fingerprint density at radius 1 is 1.03 bits per heavy atom. The van der Waals surface area contributed by atoms with Crippen LogP contribution in [0.15, 0.2) is 70.0 Å². The maximum absolute atomic E-state index is 15.2. The number of carbonyl (C=O) groups excluding carboxylic acids is 3. The molecule has 1 unspecified atom stereocenters. The van der Waals surface area contributed by atoms with E-state index in [0.717, 1.165) is 44.8 Å². The number of anilines is 2. The van der Waals surface area contributed by atoms with Crippen molar-refractivity contribution in [3.05, 3.63) is 104 Å². The number of ether oxygens (including phenoxy) is 1. The van der Waals surface area contributed by atoms with E-state index in [1.54, 1.807) is 59.7 Å². The number of pyridine rings is 1. The Morgan fingerprint density at radius 3 is 2.46 bits per heavy atom. The molecular weight excluding hydrogens is 911 g/mol. The molecule has 8 rings (SSSR count). The van der Waals surface area contributed by atoms with Crippen molar-refractivity contribution in [2.45, 2.75) is 110 Å². The molecule has 0 radical (unpaired) electrons. The van der Waals surface area contributed by atoms with E-state index in [-0.39, 0.29) is 35.3 Å². The molecule has 0 aliphatic carbocycles. The molecule has 5 aromatic rings. The van der Waals surface area contributed by atoms with Crippen molar-refractivity contribution in [3.8, 4) is 28.5 Å². The van der Waals surface area contributed by atoms with Crippen LogP contribution in [0.25, 0.3) is 21.3 Å². The predicted octanol–water partition coefficient (Wildman–Crippen LogP) is 8.66. The molecule has 5 heterocycles. The Bertz CT molecular complexity index is 2950. The Balaban J connectivity index is 0.904. The van der Waals surface area contributed by atoms with Gasteiger partial charge in [0.05, 0.1) is 40.9 Å². The van der Waals surface area contributed by atoms with Crippen LogP contribution in [0.4, 0.5) is 20.2 Å². The van der Waals surface area contributed by atoms with E-state index in [2.05, 4.69) is 31.5 Å². The number of likely N-dealkylation sites (tertiary alicyclic amines) is 1. The van der Waals surface area contributed by atoms with E-state index >= 15 is 8.78 Å². The van der Waals surface area contributed by atoms with Crippen molar-refractivity contribution >= 4 is 57.6 Å². The maximum atomic E-state index is 15.2. The highest BCUT2D eigenvalue weighted by Gasteiger charge is 2.43. The zero-order valence-electron chi connectivity index (χ0n) is 41.2. The molecule has 0 spiro atoms. The van der Waals surface area contributed by atoms with Gasteiger partial charge in [-0.25, -0.2) is 13.8 Å². The molecule has 2 aromatic heterocycles. The molecule has 368 valence electrons. The monoisotopic (exact) mass is 972 g/mol. The number of benzene rings is 3. The number of halogens is 2. The number of hydrogen-bond donors (Lipinski definition) is 2. The average molecular weight is 973 g/mol. The third-order valence-corrected chi connectivity index (χ3v) is 15.0. The Kier molecular flexibility index (Phi) is 14.2. The van der Waals surface area contributed by atoms with E-state index in [1.165, 1.54) is 0 Å². The molecule has 16 heteroatoms. The topological polar surface area (TPSA) is 141 Å². The van der Waals surface area contributed by atoms with Gasteiger partial charge in [0.15, 0.2) is 0 Å². The number of fused-ring (bicyclic) bond motifs is 2. The van der Waals surface area contributed by atoms with Gasteiger partial charge in [-0.2, -0.15) is 5.10 Å². The lowest BCUT2D eigenvalue weighted by Crippen LogP contribution is -2.57. The largest absolute Gasteiger partial charge is 0.497 e. The number of terminal acetylenes is 1. The summed E-state index contributed by atoms with van der Waals surface area (Å²) in [5, 5.41) is 13.2. The summed E-state index contributed by atoms with van der Waals surface area (Å²) in [4.78, 5) is 63.6. The summed E-state index contributed by atoms with van der Waals surface area (Å²) in [5.41, 5.74) is 6.99. The Morgan fingerprint density at radius 2 is 1.79 bits per heavy atom. The van der Waals surface area contributed by atoms with Gasteiger partial charge < -0.3 is 29.7 Å². The summed E-state index contributed by atoms with van der Waals surface area (Å²) in [6.07, 6.45) is 7.97.